The average molecular weight is 665 g/mol. The maximum Gasteiger partial charge on any atom is 0 e. The Bertz CT molecular complexity index is 169. The van der Waals surface area contributed by atoms with Crippen molar-refractivity contribution in [2.24, 2.45) is 0 Å². The van der Waals surface area contributed by atoms with Crippen molar-refractivity contribution >= 4 is 88.2 Å². The molecule has 0 nitrogen and oxygen atoms in total. The zero-order valence-corrected chi connectivity index (χ0v) is 21.8. The molecule has 0 aromatic carbocycles. The van der Waals surface area contributed by atoms with Gasteiger partial charge in [0, 0.05) is 52.4 Å². The summed E-state index contributed by atoms with van der Waals surface area (Å²) in [6.45, 7) is 0. The Morgan fingerprint density at radius 2 is 0.889 bits per heavy atom. The van der Waals surface area contributed by atoms with Gasteiger partial charge in [0.2, 0.25) is 0 Å². The number of hydrogen-bond acceptors (Lipinski definition) is 0. The minimum atomic E-state index is 0. The average Bonchev–Trinajstić information content (AvgIpc) is 2.67. The van der Waals surface area contributed by atoms with E-state index in [1.54, 1.807) is 0 Å². The predicted octanol–water partition coefficient (Wildman–Crippen LogP) is 5.61. The fraction of sp³-hybridized carbons (Fsp3) is 0.200. The largest absolute Gasteiger partial charge is 0.273 e. The van der Waals surface area contributed by atoms with Crippen LogP contribution in [0.5, 0.6) is 0 Å². The van der Waals surface area contributed by atoms with E-state index in [9.17, 15) is 0 Å². The molecule has 8 heteroatoms. The van der Waals surface area contributed by atoms with E-state index in [4.69, 9.17) is 0 Å². The quantitative estimate of drug-likeness (QED) is 0.296. The van der Waals surface area contributed by atoms with E-state index in [0.717, 1.165) is 12.8 Å². The van der Waals surface area contributed by atoms with Crippen molar-refractivity contribution in [2.75, 3.05) is 0 Å². The van der Waals surface area contributed by atoms with Gasteiger partial charge in [0.25, 0.3) is 0 Å². The van der Waals surface area contributed by atoms with Crippen molar-refractivity contribution in [3.8, 4) is 0 Å². The van der Waals surface area contributed by atoms with Gasteiger partial charge in [0.05, 0.1) is 0 Å². The summed E-state index contributed by atoms with van der Waals surface area (Å²) in [4.78, 5) is 0. The monoisotopic (exact) mass is 658 g/mol. The fourth-order valence-electron chi connectivity index (χ4n) is 0.680. The Balaban J connectivity index is -0.0000000128. The molecule has 0 saturated heterocycles. The van der Waals surface area contributed by atoms with Gasteiger partial charge >= 0.3 is 0 Å². The number of hydrogen-bond donors (Lipinski definition) is 0. The van der Waals surface area contributed by atoms with Crippen LogP contribution in [0.25, 0.3) is 0 Å². The van der Waals surface area contributed by atoms with Gasteiger partial charge in [0.1, 0.15) is 0 Å². The van der Waals surface area contributed by atoms with Crippen molar-refractivity contribution in [1.82, 2.24) is 0 Å². The molecule has 0 N–H and O–H groups in total. The van der Waals surface area contributed by atoms with Crippen molar-refractivity contribution in [1.29, 1.82) is 0 Å². The molecule has 0 unspecified atom stereocenters. The molecule has 0 radical (unpaired) electrons. The van der Waals surface area contributed by atoms with Crippen LogP contribution in [0.4, 0.5) is 0 Å². The first-order valence-electron chi connectivity index (χ1n) is 3.43. The van der Waals surface area contributed by atoms with Gasteiger partial charge in [-0.2, -0.15) is 12.2 Å². The standard InChI is InChI=1S/2C5H5.3BrH.3ClH.2Zr/c2*1-2-4-5-3-1;;;;;;;;/h2*1-3H,4H2;6*1H;;/q2*-1;;;;;;;;. The zero-order valence-electron chi connectivity index (χ0n) is 9.33. The van der Waals surface area contributed by atoms with Crippen molar-refractivity contribution in [3.63, 3.8) is 0 Å². The normalized spacial score (nSPS) is 9.78. The topological polar surface area (TPSA) is 0 Å². The van der Waals surface area contributed by atoms with Crippen LogP contribution in [0, 0.1) is 12.2 Å². The van der Waals surface area contributed by atoms with E-state index in [-0.39, 0.29) is 141 Å². The van der Waals surface area contributed by atoms with Crippen LogP contribution in [-0.2, 0) is 52.4 Å². The summed E-state index contributed by atoms with van der Waals surface area (Å²) in [5.74, 6) is 0. The van der Waals surface area contributed by atoms with Gasteiger partial charge in [-0.05, 0) is 0 Å². The second-order valence-electron chi connectivity index (χ2n) is 2.01. The molecule has 0 atom stereocenters. The van der Waals surface area contributed by atoms with Crippen LogP contribution in [-0.4, -0.2) is 0 Å². The van der Waals surface area contributed by atoms with Gasteiger partial charge in [-0.15, -0.1) is 101 Å². The summed E-state index contributed by atoms with van der Waals surface area (Å²) >= 11 is 0. The molecule has 2 aliphatic rings. The van der Waals surface area contributed by atoms with Crippen LogP contribution >= 0.6 is 88.2 Å². The number of rotatable bonds is 0. The van der Waals surface area contributed by atoms with E-state index in [1.165, 1.54) is 0 Å². The van der Waals surface area contributed by atoms with Crippen LogP contribution in [0.1, 0.15) is 12.8 Å². The molecule has 0 aliphatic heterocycles. The molecule has 0 spiro atoms. The van der Waals surface area contributed by atoms with Gasteiger partial charge in [-0.3, -0.25) is 12.2 Å². The summed E-state index contributed by atoms with van der Waals surface area (Å²) in [7, 11) is 0. The third-order valence-corrected chi connectivity index (χ3v) is 1.17. The maximum atomic E-state index is 2.99. The summed E-state index contributed by atoms with van der Waals surface area (Å²) < 4.78 is 0. The molecule has 0 saturated carbocycles. The van der Waals surface area contributed by atoms with E-state index in [0.29, 0.717) is 0 Å². The number of halogens is 6. The molecule has 2 aliphatic carbocycles. The van der Waals surface area contributed by atoms with Crippen LogP contribution < -0.4 is 0 Å². The molecule has 108 valence electrons. The van der Waals surface area contributed by atoms with Gasteiger partial charge < -0.3 is 0 Å². The Hall–Kier alpha value is 3.04. The molecule has 0 aromatic heterocycles. The second-order valence-corrected chi connectivity index (χ2v) is 2.01. The van der Waals surface area contributed by atoms with Crippen LogP contribution in [0.2, 0.25) is 0 Å². The summed E-state index contributed by atoms with van der Waals surface area (Å²) in [5.41, 5.74) is 0. The van der Waals surface area contributed by atoms with Gasteiger partial charge in [-0.1, -0.05) is 0 Å². The minimum Gasteiger partial charge on any atom is -0.273 e. The van der Waals surface area contributed by atoms with Crippen LogP contribution in [0.3, 0.4) is 0 Å². The van der Waals surface area contributed by atoms with Crippen molar-refractivity contribution < 1.29 is 52.4 Å². The van der Waals surface area contributed by atoms with Crippen molar-refractivity contribution in [2.45, 2.75) is 12.8 Å². The SMILES string of the molecule is Br.Br.Br.Cl.Cl.Cl.[C-]1=CC=CC1.[C-]1=CC=CC1.[Zr].[Zr]. The smallest absolute Gasteiger partial charge is 0 e. The molecular weight excluding hydrogens is 649 g/mol. The Labute approximate surface area is 199 Å². The fourth-order valence-corrected chi connectivity index (χ4v) is 0.680. The summed E-state index contributed by atoms with van der Waals surface area (Å²) in [6, 6.07) is 0. The first-order chi connectivity index (χ1) is 5.00. The first-order valence-corrected chi connectivity index (χ1v) is 3.43. The second kappa shape index (κ2) is 42.7. The molecule has 0 heterocycles. The molecule has 0 amide bonds. The molecule has 0 bridgehead atoms. The van der Waals surface area contributed by atoms with E-state index < -0.39 is 0 Å². The van der Waals surface area contributed by atoms with Crippen molar-refractivity contribution in [3.05, 3.63) is 48.6 Å². The summed E-state index contributed by atoms with van der Waals surface area (Å²) in [5, 5.41) is 0. The maximum absolute atomic E-state index is 2.99. The number of allylic oxidation sites excluding steroid dienone is 8. The Morgan fingerprint density at radius 1 is 0.611 bits per heavy atom. The molecule has 0 fully saturated rings. The van der Waals surface area contributed by atoms with E-state index in [1.807, 2.05) is 24.3 Å². The predicted molar refractivity (Wildman–Crippen MR) is 95.9 cm³/mol. The molecular formula is C10H16Br3Cl3Zr2-2. The molecule has 0 aromatic rings. The zero-order chi connectivity index (χ0) is 7.07. The van der Waals surface area contributed by atoms with Crippen LogP contribution in [0.15, 0.2) is 36.5 Å². The summed E-state index contributed by atoms with van der Waals surface area (Å²) in [6.07, 6.45) is 20.0. The van der Waals surface area contributed by atoms with E-state index in [2.05, 4.69) is 24.3 Å². The first kappa shape index (κ1) is 49.7. The Kier molecular flexibility index (Phi) is 118. The van der Waals surface area contributed by atoms with Gasteiger partial charge in [0.15, 0.2) is 0 Å². The third-order valence-electron chi connectivity index (χ3n) is 1.17. The van der Waals surface area contributed by atoms with E-state index >= 15 is 0 Å². The Morgan fingerprint density at radius 3 is 0.944 bits per heavy atom. The molecule has 18 heavy (non-hydrogen) atoms. The minimum absolute atomic E-state index is 0. The third kappa shape index (κ3) is 36.4. The molecule has 2 rings (SSSR count). The van der Waals surface area contributed by atoms with Gasteiger partial charge in [-0.25, -0.2) is 24.3 Å².